The number of aromatic amines is 1. The van der Waals surface area contributed by atoms with Crippen LogP contribution in [0.3, 0.4) is 0 Å². The number of anilines is 1. The van der Waals surface area contributed by atoms with Crippen LogP contribution >= 0.6 is 0 Å². The van der Waals surface area contributed by atoms with E-state index in [0.717, 1.165) is 32.9 Å². The van der Waals surface area contributed by atoms with Gasteiger partial charge < -0.3 is 4.98 Å². The highest BCUT2D eigenvalue weighted by molar-refractivity contribution is 7.90. The number of hydrogen-bond acceptors (Lipinski definition) is 5. The Labute approximate surface area is 204 Å². The molecule has 0 bridgehead atoms. The van der Waals surface area contributed by atoms with Crippen LogP contribution in [0.25, 0.3) is 33.1 Å². The lowest BCUT2D eigenvalue weighted by molar-refractivity contribution is 0.103. The maximum atomic E-state index is 15.2. The van der Waals surface area contributed by atoms with Crippen molar-refractivity contribution in [2.75, 3.05) is 18.8 Å². The number of aromatic nitrogens is 3. The molecule has 0 aliphatic rings. The third kappa shape index (κ3) is 4.08. The van der Waals surface area contributed by atoms with Gasteiger partial charge in [-0.25, -0.2) is 13.8 Å². The molecule has 0 aliphatic heterocycles. The molecule has 36 heavy (non-hydrogen) atoms. The van der Waals surface area contributed by atoms with E-state index in [1.54, 1.807) is 18.5 Å². The van der Waals surface area contributed by atoms with E-state index in [9.17, 15) is 17.6 Å². The smallest absolute Gasteiger partial charge is 0.301 e. The van der Waals surface area contributed by atoms with E-state index in [-0.39, 0.29) is 5.56 Å². The lowest BCUT2D eigenvalue weighted by atomic mass is 9.99. The van der Waals surface area contributed by atoms with E-state index in [2.05, 4.69) is 15.0 Å². The molecule has 2 N–H and O–H groups in total. The van der Waals surface area contributed by atoms with Crippen LogP contribution in [0.5, 0.6) is 0 Å². The molecule has 5 aromatic rings. The Morgan fingerprint density at radius 2 is 1.83 bits per heavy atom. The van der Waals surface area contributed by atoms with Gasteiger partial charge in [0.2, 0.25) is 5.78 Å². The first kappa shape index (κ1) is 23.5. The highest BCUT2D eigenvalue weighted by atomic mass is 32.2. The zero-order valence-electron chi connectivity index (χ0n) is 19.1. The van der Waals surface area contributed by atoms with E-state index < -0.39 is 38.9 Å². The van der Waals surface area contributed by atoms with E-state index in [1.165, 1.54) is 20.3 Å². The molecular weight excluding hydrogens is 488 g/mol. The highest BCUT2D eigenvalue weighted by Crippen LogP contribution is 2.30. The molecular formula is C25H19F2N5O3S. The van der Waals surface area contributed by atoms with Crippen LogP contribution in [0.15, 0.2) is 67.1 Å². The van der Waals surface area contributed by atoms with Gasteiger partial charge in [-0.1, -0.05) is 12.1 Å². The number of nitrogens with one attached hydrogen (secondary N) is 2. The van der Waals surface area contributed by atoms with Crippen LogP contribution < -0.4 is 4.72 Å². The zero-order chi connectivity index (χ0) is 25.6. The van der Waals surface area contributed by atoms with Gasteiger partial charge in [-0.3, -0.25) is 14.5 Å². The summed E-state index contributed by atoms with van der Waals surface area (Å²) < 4.78 is 57.0. The van der Waals surface area contributed by atoms with Crippen molar-refractivity contribution in [1.82, 2.24) is 19.3 Å². The average Bonchev–Trinajstić information content (AvgIpc) is 3.28. The highest BCUT2D eigenvalue weighted by Gasteiger charge is 2.26. The lowest BCUT2D eigenvalue weighted by Gasteiger charge is -2.15. The van der Waals surface area contributed by atoms with Gasteiger partial charge in [0.15, 0.2) is 5.82 Å². The first-order chi connectivity index (χ1) is 17.2. The standard InChI is InChI=1S/C25H19F2N5O3S/c1-32(2)36(34,35)31-21-8-6-19(26)22(23(21)27)24(33)18-13-30-25-17(18)11-16(12-29-25)14-5-7-20-15(10-14)4-3-9-28-20/h3-13,31H,1-2H3,(H,29,30). The zero-order valence-corrected chi connectivity index (χ0v) is 19.9. The monoisotopic (exact) mass is 507 g/mol. The number of rotatable bonds is 6. The van der Waals surface area contributed by atoms with Gasteiger partial charge in [0.1, 0.15) is 11.5 Å². The molecule has 0 unspecified atom stereocenters. The fraction of sp³-hybridized carbons (Fsp3) is 0.0800. The maximum Gasteiger partial charge on any atom is 0.301 e. The number of benzene rings is 2. The lowest BCUT2D eigenvalue weighted by Crippen LogP contribution is -2.29. The molecule has 3 heterocycles. The number of ketones is 1. The first-order valence-electron chi connectivity index (χ1n) is 10.7. The molecule has 11 heteroatoms. The summed E-state index contributed by atoms with van der Waals surface area (Å²) in [6.45, 7) is 0. The Balaban J connectivity index is 1.58. The van der Waals surface area contributed by atoms with Crippen LogP contribution in [-0.4, -0.2) is 47.6 Å². The van der Waals surface area contributed by atoms with Crippen molar-refractivity contribution >= 4 is 43.6 Å². The molecule has 3 aromatic heterocycles. The second-order valence-electron chi connectivity index (χ2n) is 8.24. The Bertz CT molecular complexity index is 1770. The topological polar surface area (TPSA) is 108 Å². The predicted octanol–water partition coefficient (Wildman–Crippen LogP) is 4.51. The second-order valence-corrected chi connectivity index (χ2v) is 10.1. The molecule has 0 atom stereocenters. The molecule has 0 radical (unpaired) electrons. The second kappa shape index (κ2) is 8.77. The van der Waals surface area contributed by atoms with E-state index in [1.807, 2.05) is 35.1 Å². The van der Waals surface area contributed by atoms with Crippen LogP contribution in [0, 0.1) is 11.6 Å². The van der Waals surface area contributed by atoms with Crippen molar-refractivity contribution in [1.29, 1.82) is 0 Å². The van der Waals surface area contributed by atoms with Gasteiger partial charge in [0.25, 0.3) is 0 Å². The molecule has 0 aliphatic carbocycles. The summed E-state index contributed by atoms with van der Waals surface area (Å²) in [4.78, 5) is 24.8. The summed E-state index contributed by atoms with van der Waals surface area (Å²) in [6.07, 6.45) is 4.65. The van der Waals surface area contributed by atoms with Gasteiger partial charge in [0, 0.05) is 54.6 Å². The molecule has 0 fully saturated rings. The van der Waals surface area contributed by atoms with Crippen molar-refractivity contribution in [2.24, 2.45) is 0 Å². The largest absolute Gasteiger partial charge is 0.345 e. The SMILES string of the molecule is CN(C)S(=O)(=O)Nc1ccc(F)c(C(=O)c2c[nH]c3ncc(-c4ccc5ncccc5c4)cc23)c1F. The van der Waals surface area contributed by atoms with E-state index in [4.69, 9.17) is 0 Å². The number of nitrogens with zero attached hydrogens (tertiary/aromatic N) is 3. The summed E-state index contributed by atoms with van der Waals surface area (Å²) in [5.74, 6) is -3.39. The molecule has 0 spiro atoms. The Kier molecular flexibility index (Phi) is 5.73. The minimum atomic E-state index is -4.08. The Morgan fingerprint density at radius 3 is 2.61 bits per heavy atom. The quantitative estimate of drug-likeness (QED) is 0.329. The summed E-state index contributed by atoms with van der Waals surface area (Å²) in [7, 11) is -1.58. The van der Waals surface area contributed by atoms with Crippen molar-refractivity contribution in [3.63, 3.8) is 0 Å². The number of fused-ring (bicyclic) bond motifs is 2. The maximum absolute atomic E-state index is 15.2. The third-order valence-electron chi connectivity index (χ3n) is 5.75. The van der Waals surface area contributed by atoms with Gasteiger partial charge in [0.05, 0.1) is 16.8 Å². The van der Waals surface area contributed by atoms with E-state index in [0.29, 0.717) is 16.6 Å². The summed E-state index contributed by atoms with van der Waals surface area (Å²) >= 11 is 0. The van der Waals surface area contributed by atoms with Gasteiger partial charge in [-0.2, -0.15) is 12.7 Å². The minimum Gasteiger partial charge on any atom is -0.345 e. The van der Waals surface area contributed by atoms with Crippen LogP contribution in [0.2, 0.25) is 0 Å². The minimum absolute atomic E-state index is 0.00720. The van der Waals surface area contributed by atoms with Crippen molar-refractivity contribution in [2.45, 2.75) is 0 Å². The number of hydrogen-bond donors (Lipinski definition) is 2. The van der Waals surface area contributed by atoms with Gasteiger partial charge in [-0.15, -0.1) is 0 Å². The summed E-state index contributed by atoms with van der Waals surface area (Å²) in [5, 5.41) is 1.28. The molecule has 0 saturated heterocycles. The normalized spacial score (nSPS) is 11.9. The molecule has 5 rings (SSSR count). The number of H-pyrrole nitrogens is 1. The molecule has 2 aromatic carbocycles. The van der Waals surface area contributed by atoms with E-state index >= 15 is 4.39 Å². The van der Waals surface area contributed by atoms with Crippen molar-refractivity contribution in [3.8, 4) is 11.1 Å². The van der Waals surface area contributed by atoms with Gasteiger partial charge >= 0.3 is 10.2 Å². The Hall–Kier alpha value is -4.22. The number of carbonyl (C=O) groups excluding carboxylic acids is 1. The first-order valence-corrected chi connectivity index (χ1v) is 12.1. The predicted molar refractivity (Wildman–Crippen MR) is 133 cm³/mol. The summed E-state index contributed by atoms with van der Waals surface area (Å²) in [6, 6.07) is 12.9. The van der Waals surface area contributed by atoms with Crippen molar-refractivity contribution in [3.05, 3.63) is 89.9 Å². The Morgan fingerprint density at radius 1 is 1.03 bits per heavy atom. The van der Waals surface area contributed by atoms with Gasteiger partial charge in [-0.05, 0) is 42.0 Å². The number of halogens is 2. The molecule has 182 valence electrons. The number of pyridine rings is 2. The van der Waals surface area contributed by atoms with Crippen molar-refractivity contribution < 1.29 is 22.0 Å². The molecule has 0 saturated carbocycles. The van der Waals surface area contributed by atoms with Crippen LogP contribution in [0.1, 0.15) is 15.9 Å². The number of carbonyl (C=O) groups is 1. The third-order valence-corrected chi connectivity index (χ3v) is 7.19. The fourth-order valence-electron chi connectivity index (χ4n) is 3.81. The van der Waals surface area contributed by atoms with Crippen LogP contribution in [-0.2, 0) is 10.2 Å². The molecule has 8 nitrogen and oxygen atoms in total. The molecule has 0 amide bonds. The fourth-order valence-corrected chi connectivity index (χ4v) is 4.43. The van der Waals surface area contributed by atoms with Crippen LogP contribution in [0.4, 0.5) is 14.5 Å². The summed E-state index contributed by atoms with van der Waals surface area (Å²) in [5.41, 5.74) is 1.26. The average molecular weight is 508 g/mol.